The predicted molar refractivity (Wildman–Crippen MR) is 130 cm³/mol. The number of para-hydroxylation sites is 1. The first-order chi connectivity index (χ1) is 16.9. The molecule has 1 unspecified atom stereocenters. The maximum absolute atomic E-state index is 15.4. The van der Waals surface area contributed by atoms with Crippen molar-refractivity contribution in [3.8, 4) is 5.75 Å². The Morgan fingerprint density at radius 2 is 2.00 bits per heavy atom. The monoisotopic (exact) mass is 525 g/mol. The van der Waals surface area contributed by atoms with Crippen LogP contribution in [0, 0.1) is 0 Å². The van der Waals surface area contributed by atoms with Gasteiger partial charge in [-0.15, -0.1) is 0 Å². The standard InChI is InChI=1S/C24H33FN3O7P/c1-6-18-12-13-28(23(30)26-18)22-24(5,25)14-20(34-22)15-32-36(31,35-19-10-8-7-9-11-19)27-17(4)21(29)33-16(2)3/h7-13,16-17,20,22H,6,14-15H2,1-5H3,(H,27,31)/t17-,20-,22+,24+,36?/m0/s1. The predicted octanol–water partition coefficient (Wildman–Crippen LogP) is 3.95. The fourth-order valence-electron chi connectivity index (χ4n) is 3.71. The largest absolute Gasteiger partial charge is 0.462 e. The third-order valence-electron chi connectivity index (χ3n) is 5.42. The highest BCUT2D eigenvalue weighted by atomic mass is 31.2. The first kappa shape index (κ1) is 28.0. The van der Waals surface area contributed by atoms with Gasteiger partial charge in [0, 0.05) is 18.3 Å². The number of carbonyl (C=O) groups is 1. The molecular formula is C24H33FN3O7P. The van der Waals surface area contributed by atoms with E-state index in [-0.39, 0.29) is 24.9 Å². The van der Waals surface area contributed by atoms with Gasteiger partial charge < -0.3 is 14.0 Å². The van der Waals surface area contributed by atoms with Gasteiger partial charge in [-0.1, -0.05) is 25.1 Å². The van der Waals surface area contributed by atoms with Crippen LogP contribution in [0.4, 0.5) is 4.39 Å². The molecule has 1 N–H and O–H groups in total. The highest BCUT2D eigenvalue weighted by Gasteiger charge is 2.48. The third kappa shape index (κ3) is 7.22. The number of ether oxygens (including phenoxy) is 2. The zero-order valence-electron chi connectivity index (χ0n) is 21.0. The van der Waals surface area contributed by atoms with E-state index >= 15 is 4.39 Å². The van der Waals surface area contributed by atoms with Gasteiger partial charge in [0.05, 0.1) is 18.8 Å². The highest BCUT2D eigenvalue weighted by Crippen LogP contribution is 2.47. The van der Waals surface area contributed by atoms with Crippen LogP contribution < -0.4 is 15.3 Å². The molecule has 36 heavy (non-hydrogen) atoms. The van der Waals surface area contributed by atoms with Crippen molar-refractivity contribution in [2.24, 2.45) is 0 Å². The number of aromatic nitrogens is 2. The number of esters is 1. The normalized spacial score (nSPS) is 24.3. The van der Waals surface area contributed by atoms with E-state index in [2.05, 4.69) is 10.1 Å². The highest BCUT2D eigenvalue weighted by molar-refractivity contribution is 7.52. The summed E-state index contributed by atoms with van der Waals surface area (Å²) in [6.07, 6.45) is -0.567. The van der Waals surface area contributed by atoms with Crippen molar-refractivity contribution in [1.29, 1.82) is 0 Å². The number of halogens is 1. The van der Waals surface area contributed by atoms with Gasteiger partial charge in [0.15, 0.2) is 11.9 Å². The summed E-state index contributed by atoms with van der Waals surface area (Å²) in [5.41, 5.74) is -1.95. The van der Waals surface area contributed by atoms with E-state index in [9.17, 15) is 14.2 Å². The quantitative estimate of drug-likeness (QED) is 0.344. The Labute approximate surface area is 209 Å². The minimum Gasteiger partial charge on any atom is -0.462 e. The summed E-state index contributed by atoms with van der Waals surface area (Å²) < 4.78 is 52.3. The second-order valence-corrected chi connectivity index (χ2v) is 10.8. The topological polar surface area (TPSA) is 118 Å². The Balaban J connectivity index is 1.74. The molecule has 12 heteroatoms. The number of nitrogens with one attached hydrogen (secondary N) is 1. The van der Waals surface area contributed by atoms with E-state index in [4.69, 9.17) is 18.5 Å². The van der Waals surface area contributed by atoms with E-state index in [1.54, 1.807) is 50.2 Å². The average Bonchev–Trinajstić information content (AvgIpc) is 3.11. The lowest BCUT2D eigenvalue weighted by Crippen LogP contribution is -2.36. The van der Waals surface area contributed by atoms with Gasteiger partial charge in [0.1, 0.15) is 11.8 Å². The van der Waals surface area contributed by atoms with Crippen LogP contribution in [0.5, 0.6) is 5.75 Å². The molecule has 1 aliphatic heterocycles. The molecule has 0 bridgehead atoms. The lowest BCUT2D eigenvalue weighted by molar-refractivity contribution is -0.149. The Morgan fingerprint density at radius 1 is 1.31 bits per heavy atom. The lowest BCUT2D eigenvalue weighted by Gasteiger charge is -2.24. The molecule has 1 saturated heterocycles. The van der Waals surface area contributed by atoms with Gasteiger partial charge in [0.2, 0.25) is 0 Å². The second-order valence-electron chi connectivity index (χ2n) is 9.09. The molecule has 0 aliphatic carbocycles. The van der Waals surface area contributed by atoms with Crippen molar-refractivity contribution in [2.45, 2.75) is 77.6 Å². The molecule has 198 valence electrons. The minimum atomic E-state index is -4.14. The molecule has 3 rings (SSSR count). The summed E-state index contributed by atoms with van der Waals surface area (Å²) in [7, 11) is -4.14. The Morgan fingerprint density at radius 3 is 2.61 bits per heavy atom. The van der Waals surface area contributed by atoms with Crippen molar-refractivity contribution in [3.05, 3.63) is 58.8 Å². The van der Waals surface area contributed by atoms with E-state index in [1.165, 1.54) is 20.0 Å². The zero-order valence-corrected chi connectivity index (χ0v) is 21.9. The zero-order chi connectivity index (χ0) is 26.5. The maximum Gasteiger partial charge on any atom is 0.459 e. The lowest BCUT2D eigenvalue weighted by atomic mass is 10.0. The summed E-state index contributed by atoms with van der Waals surface area (Å²) >= 11 is 0. The van der Waals surface area contributed by atoms with E-state index in [0.717, 1.165) is 4.57 Å². The molecule has 1 aliphatic rings. The molecule has 1 aromatic carbocycles. The SMILES string of the molecule is CCc1ccn([C@@H]2O[C@H](COP(=O)(N[C@@H](C)C(=O)OC(C)C)Oc3ccccc3)C[C@@]2(C)F)c(=O)n1. The molecule has 2 heterocycles. The van der Waals surface area contributed by atoms with Crippen molar-refractivity contribution >= 4 is 13.7 Å². The Kier molecular flexibility index (Phi) is 9.05. The summed E-state index contributed by atoms with van der Waals surface area (Å²) in [6, 6.07) is 8.90. The van der Waals surface area contributed by atoms with Crippen LogP contribution in [0.3, 0.4) is 0 Å². The van der Waals surface area contributed by atoms with Gasteiger partial charge in [-0.25, -0.2) is 13.8 Å². The summed E-state index contributed by atoms with van der Waals surface area (Å²) in [4.78, 5) is 28.6. The number of hydrogen-bond acceptors (Lipinski definition) is 8. The molecule has 1 fully saturated rings. The van der Waals surface area contributed by atoms with Crippen LogP contribution >= 0.6 is 7.75 Å². The van der Waals surface area contributed by atoms with Crippen LogP contribution in [0.25, 0.3) is 0 Å². The third-order valence-corrected chi connectivity index (χ3v) is 7.07. The van der Waals surface area contributed by atoms with Crippen LogP contribution in [-0.4, -0.2) is 46.0 Å². The smallest absolute Gasteiger partial charge is 0.459 e. The number of carbonyl (C=O) groups excluding carboxylic acids is 1. The number of aryl methyl sites for hydroxylation is 1. The van der Waals surface area contributed by atoms with Gasteiger partial charge in [0.25, 0.3) is 0 Å². The first-order valence-electron chi connectivity index (χ1n) is 11.8. The van der Waals surface area contributed by atoms with Crippen LogP contribution in [0.15, 0.2) is 47.4 Å². The van der Waals surface area contributed by atoms with Crippen molar-refractivity contribution in [2.75, 3.05) is 6.61 Å². The summed E-state index contributed by atoms with van der Waals surface area (Å²) in [6.45, 7) is 7.71. The number of benzene rings is 1. The average molecular weight is 526 g/mol. The van der Waals surface area contributed by atoms with Crippen LogP contribution in [-0.2, 0) is 29.8 Å². The Bertz CT molecular complexity index is 1140. The molecule has 1 aromatic heterocycles. The fourth-order valence-corrected chi connectivity index (χ4v) is 5.23. The number of alkyl halides is 1. The van der Waals surface area contributed by atoms with Crippen LogP contribution in [0.1, 0.15) is 53.0 Å². The minimum absolute atomic E-state index is 0.129. The number of hydrogen-bond donors (Lipinski definition) is 1. The summed E-state index contributed by atoms with van der Waals surface area (Å²) in [5, 5.41) is 2.58. The van der Waals surface area contributed by atoms with Gasteiger partial charge in [-0.3, -0.25) is 13.9 Å². The Hall–Kier alpha value is -2.59. The van der Waals surface area contributed by atoms with Gasteiger partial charge in [-0.05, 0) is 52.3 Å². The van der Waals surface area contributed by atoms with Crippen molar-refractivity contribution in [3.63, 3.8) is 0 Å². The van der Waals surface area contributed by atoms with E-state index in [0.29, 0.717) is 12.1 Å². The molecule has 0 amide bonds. The fraction of sp³-hybridized carbons (Fsp3) is 0.542. The van der Waals surface area contributed by atoms with Crippen molar-refractivity contribution < 1.29 is 32.3 Å². The van der Waals surface area contributed by atoms with Gasteiger partial charge in [-0.2, -0.15) is 10.1 Å². The van der Waals surface area contributed by atoms with E-state index < -0.39 is 43.4 Å². The molecular weight excluding hydrogens is 492 g/mol. The molecule has 0 radical (unpaired) electrons. The molecule has 2 aromatic rings. The maximum atomic E-state index is 15.4. The van der Waals surface area contributed by atoms with Crippen LogP contribution in [0.2, 0.25) is 0 Å². The molecule has 0 saturated carbocycles. The van der Waals surface area contributed by atoms with Crippen molar-refractivity contribution in [1.82, 2.24) is 14.6 Å². The first-order valence-corrected chi connectivity index (χ1v) is 13.4. The molecule has 10 nitrogen and oxygen atoms in total. The molecule has 0 spiro atoms. The second kappa shape index (κ2) is 11.6. The molecule has 5 atom stereocenters. The number of rotatable bonds is 11. The van der Waals surface area contributed by atoms with E-state index in [1.807, 2.05) is 6.92 Å². The van der Waals surface area contributed by atoms with Gasteiger partial charge >= 0.3 is 19.4 Å². The number of nitrogens with zero attached hydrogens (tertiary/aromatic N) is 2. The summed E-state index contributed by atoms with van der Waals surface area (Å²) in [5.74, 6) is -0.395.